The summed E-state index contributed by atoms with van der Waals surface area (Å²) in [5.74, 6) is 0.649. The van der Waals surface area contributed by atoms with E-state index in [2.05, 4.69) is 17.1 Å². The molecule has 1 amide bonds. The summed E-state index contributed by atoms with van der Waals surface area (Å²) in [4.78, 5) is 14.0. The average molecular weight is 219 g/mol. The van der Waals surface area contributed by atoms with Crippen molar-refractivity contribution in [1.29, 1.82) is 0 Å². The molecule has 14 heavy (non-hydrogen) atoms. The number of likely N-dealkylation sites (tertiary alicyclic amines) is 1. The third-order valence-electron chi connectivity index (χ3n) is 3.25. The van der Waals surface area contributed by atoms with Gasteiger partial charge < -0.3 is 10.2 Å². The molecule has 0 aromatic heterocycles. The zero-order chi connectivity index (χ0) is 9.26. The molecule has 2 rings (SSSR count). The lowest BCUT2D eigenvalue weighted by Crippen LogP contribution is -2.38. The van der Waals surface area contributed by atoms with E-state index in [4.69, 9.17) is 0 Å². The van der Waals surface area contributed by atoms with Crippen molar-refractivity contribution in [2.75, 3.05) is 19.6 Å². The van der Waals surface area contributed by atoms with Gasteiger partial charge in [0.15, 0.2) is 0 Å². The van der Waals surface area contributed by atoms with Crippen LogP contribution in [-0.2, 0) is 4.79 Å². The molecule has 1 N–H and O–H groups in total. The molecule has 3 nitrogen and oxygen atoms in total. The normalized spacial score (nSPS) is 31.6. The van der Waals surface area contributed by atoms with Gasteiger partial charge in [-0.25, -0.2) is 0 Å². The molecular formula is C10H19ClN2O. The van der Waals surface area contributed by atoms with Crippen LogP contribution in [0.2, 0.25) is 0 Å². The Bertz CT molecular complexity index is 204. The topological polar surface area (TPSA) is 32.3 Å². The fourth-order valence-corrected chi connectivity index (χ4v) is 2.36. The number of halogens is 1. The molecule has 0 aromatic rings. The predicted octanol–water partition coefficient (Wildman–Crippen LogP) is 1.03. The zero-order valence-corrected chi connectivity index (χ0v) is 9.48. The van der Waals surface area contributed by atoms with Crippen molar-refractivity contribution in [2.45, 2.75) is 32.2 Å². The first kappa shape index (κ1) is 11.8. The predicted molar refractivity (Wildman–Crippen MR) is 58.6 cm³/mol. The number of rotatable bonds is 1. The highest BCUT2D eigenvalue weighted by atomic mass is 35.5. The van der Waals surface area contributed by atoms with Crippen molar-refractivity contribution < 1.29 is 4.79 Å². The SMILES string of the molecule is C[C@H]1CCCN1C(=O)[C@H]1CCNC1.Cl. The van der Waals surface area contributed by atoms with Gasteiger partial charge in [-0.15, -0.1) is 12.4 Å². The summed E-state index contributed by atoms with van der Waals surface area (Å²) in [7, 11) is 0. The standard InChI is InChI=1S/C10H18N2O.ClH/c1-8-3-2-6-12(8)10(13)9-4-5-11-7-9;/h8-9,11H,2-7H2,1H3;1H/t8-,9-;/m0./s1. The Hall–Kier alpha value is -0.280. The van der Waals surface area contributed by atoms with Crippen LogP contribution >= 0.6 is 12.4 Å². The van der Waals surface area contributed by atoms with Gasteiger partial charge >= 0.3 is 0 Å². The third kappa shape index (κ3) is 2.20. The van der Waals surface area contributed by atoms with E-state index < -0.39 is 0 Å². The van der Waals surface area contributed by atoms with Gasteiger partial charge in [0.25, 0.3) is 0 Å². The van der Waals surface area contributed by atoms with E-state index in [0.717, 1.165) is 26.1 Å². The number of nitrogens with zero attached hydrogens (tertiary/aromatic N) is 1. The van der Waals surface area contributed by atoms with Gasteiger partial charge in [0, 0.05) is 19.1 Å². The first-order valence-corrected chi connectivity index (χ1v) is 5.30. The van der Waals surface area contributed by atoms with Crippen LogP contribution in [0.25, 0.3) is 0 Å². The molecule has 0 radical (unpaired) electrons. The number of amides is 1. The van der Waals surface area contributed by atoms with Crippen LogP contribution in [0.4, 0.5) is 0 Å². The zero-order valence-electron chi connectivity index (χ0n) is 8.66. The minimum atomic E-state index is 0. The minimum absolute atomic E-state index is 0. The van der Waals surface area contributed by atoms with Crippen LogP contribution in [0.15, 0.2) is 0 Å². The summed E-state index contributed by atoms with van der Waals surface area (Å²) >= 11 is 0. The molecule has 2 heterocycles. The molecule has 2 saturated heterocycles. The molecule has 0 bridgehead atoms. The largest absolute Gasteiger partial charge is 0.340 e. The number of carbonyl (C=O) groups is 1. The average Bonchev–Trinajstić information content (AvgIpc) is 2.72. The lowest BCUT2D eigenvalue weighted by Gasteiger charge is -2.24. The molecule has 2 fully saturated rings. The van der Waals surface area contributed by atoms with E-state index in [1.165, 1.54) is 12.8 Å². The number of hydrogen-bond donors (Lipinski definition) is 1. The van der Waals surface area contributed by atoms with E-state index in [0.29, 0.717) is 11.9 Å². The Morgan fingerprint density at radius 3 is 2.71 bits per heavy atom. The summed E-state index contributed by atoms with van der Waals surface area (Å²) in [6, 6.07) is 0.480. The Morgan fingerprint density at radius 2 is 2.21 bits per heavy atom. The van der Waals surface area contributed by atoms with Crippen molar-refractivity contribution >= 4 is 18.3 Å². The van der Waals surface area contributed by atoms with Crippen LogP contribution in [0.5, 0.6) is 0 Å². The van der Waals surface area contributed by atoms with Gasteiger partial charge in [0.1, 0.15) is 0 Å². The second-order valence-electron chi connectivity index (χ2n) is 4.21. The van der Waals surface area contributed by atoms with Gasteiger partial charge in [0.2, 0.25) is 5.91 Å². The fraction of sp³-hybridized carbons (Fsp3) is 0.900. The van der Waals surface area contributed by atoms with Gasteiger partial charge in [-0.05, 0) is 32.7 Å². The van der Waals surface area contributed by atoms with Crippen LogP contribution in [0.1, 0.15) is 26.2 Å². The van der Waals surface area contributed by atoms with Crippen molar-refractivity contribution in [1.82, 2.24) is 10.2 Å². The molecule has 0 unspecified atom stereocenters. The number of carbonyl (C=O) groups excluding carboxylic acids is 1. The molecule has 0 saturated carbocycles. The number of hydrogen-bond acceptors (Lipinski definition) is 2. The van der Waals surface area contributed by atoms with Crippen molar-refractivity contribution in [2.24, 2.45) is 5.92 Å². The summed E-state index contributed by atoms with van der Waals surface area (Å²) in [5.41, 5.74) is 0. The molecule has 0 aliphatic carbocycles. The molecule has 82 valence electrons. The molecular weight excluding hydrogens is 200 g/mol. The molecule has 2 aliphatic rings. The van der Waals surface area contributed by atoms with Crippen LogP contribution in [-0.4, -0.2) is 36.5 Å². The summed E-state index contributed by atoms with van der Waals surface area (Å²) < 4.78 is 0. The summed E-state index contributed by atoms with van der Waals surface area (Å²) in [5, 5.41) is 3.24. The summed E-state index contributed by atoms with van der Waals surface area (Å²) in [6.07, 6.45) is 3.40. The van der Waals surface area contributed by atoms with Crippen LogP contribution in [0.3, 0.4) is 0 Å². The highest BCUT2D eigenvalue weighted by Crippen LogP contribution is 2.21. The first-order chi connectivity index (χ1) is 6.29. The molecule has 0 aromatic carbocycles. The van der Waals surface area contributed by atoms with Gasteiger partial charge in [-0.3, -0.25) is 4.79 Å². The van der Waals surface area contributed by atoms with Crippen LogP contribution < -0.4 is 5.32 Å². The summed E-state index contributed by atoms with van der Waals surface area (Å²) in [6.45, 7) is 5.05. The lowest BCUT2D eigenvalue weighted by atomic mass is 10.1. The maximum Gasteiger partial charge on any atom is 0.227 e. The van der Waals surface area contributed by atoms with Crippen LogP contribution in [0, 0.1) is 5.92 Å². The third-order valence-corrected chi connectivity index (χ3v) is 3.25. The van der Waals surface area contributed by atoms with Crippen molar-refractivity contribution in [3.05, 3.63) is 0 Å². The van der Waals surface area contributed by atoms with E-state index in [9.17, 15) is 4.79 Å². The number of nitrogens with one attached hydrogen (secondary N) is 1. The van der Waals surface area contributed by atoms with E-state index in [1.54, 1.807) is 0 Å². The van der Waals surface area contributed by atoms with E-state index >= 15 is 0 Å². The van der Waals surface area contributed by atoms with E-state index in [1.807, 2.05) is 0 Å². The van der Waals surface area contributed by atoms with Gasteiger partial charge in [-0.2, -0.15) is 0 Å². The highest BCUT2D eigenvalue weighted by Gasteiger charge is 2.31. The Morgan fingerprint density at radius 1 is 1.43 bits per heavy atom. The second kappa shape index (κ2) is 4.99. The highest BCUT2D eigenvalue weighted by molar-refractivity contribution is 5.85. The van der Waals surface area contributed by atoms with Crippen molar-refractivity contribution in [3.8, 4) is 0 Å². The maximum atomic E-state index is 11.9. The second-order valence-corrected chi connectivity index (χ2v) is 4.21. The Labute approximate surface area is 91.6 Å². The molecule has 0 spiro atoms. The van der Waals surface area contributed by atoms with Gasteiger partial charge in [0.05, 0.1) is 5.92 Å². The first-order valence-electron chi connectivity index (χ1n) is 5.30. The molecule has 2 atom stereocenters. The molecule has 2 aliphatic heterocycles. The van der Waals surface area contributed by atoms with Gasteiger partial charge in [-0.1, -0.05) is 0 Å². The Kier molecular flexibility index (Phi) is 4.20. The quantitative estimate of drug-likeness (QED) is 0.713. The molecule has 4 heteroatoms. The monoisotopic (exact) mass is 218 g/mol. The fourth-order valence-electron chi connectivity index (χ4n) is 2.36. The van der Waals surface area contributed by atoms with Crippen molar-refractivity contribution in [3.63, 3.8) is 0 Å². The lowest BCUT2D eigenvalue weighted by molar-refractivity contribution is -0.135. The minimum Gasteiger partial charge on any atom is -0.340 e. The van der Waals surface area contributed by atoms with E-state index in [-0.39, 0.29) is 18.3 Å². The smallest absolute Gasteiger partial charge is 0.227 e. The maximum absolute atomic E-state index is 11.9. The Balaban J connectivity index is 0.000000980.